The highest BCUT2D eigenvalue weighted by atomic mass is 19.1. The summed E-state index contributed by atoms with van der Waals surface area (Å²) in [5, 5.41) is 3.26. The van der Waals surface area contributed by atoms with Gasteiger partial charge in [-0.25, -0.2) is 9.18 Å². The van der Waals surface area contributed by atoms with Crippen LogP contribution in [0.2, 0.25) is 0 Å². The Morgan fingerprint density at radius 3 is 2.47 bits per heavy atom. The van der Waals surface area contributed by atoms with Gasteiger partial charge >= 0.3 is 5.97 Å². The van der Waals surface area contributed by atoms with E-state index in [9.17, 15) is 9.18 Å². The number of esters is 1. The summed E-state index contributed by atoms with van der Waals surface area (Å²) in [5.74, 6) is -0.474. The SMILES string of the molecule is CCOC(=O)C1(Nc2ccc(F)cc2)CCCCC1. The lowest BCUT2D eigenvalue weighted by molar-refractivity contribution is -0.149. The van der Waals surface area contributed by atoms with Crippen molar-refractivity contribution in [2.75, 3.05) is 11.9 Å². The summed E-state index contributed by atoms with van der Waals surface area (Å²) < 4.78 is 18.1. The first kappa shape index (κ1) is 13.8. The van der Waals surface area contributed by atoms with Gasteiger partial charge in [0.25, 0.3) is 0 Å². The number of rotatable bonds is 4. The van der Waals surface area contributed by atoms with Gasteiger partial charge in [-0.1, -0.05) is 19.3 Å². The summed E-state index contributed by atoms with van der Waals surface area (Å²) in [7, 11) is 0. The number of hydrogen-bond donors (Lipinski definition) is 1. The van der Waals surface area contributed by atoms with Gasteiger partial charge in [0.15, 0.2) is 0 Å². The van der Waals surface area contributed by atoms with Crippen molar-refractivity contribution in [2.24, 2.45) is 0 Å². The van der Waals surface area contributed by atoms with Gasteiger partial charge < -0.3 is 10.1 Å². The molecule has 1 saturated carbocycles. The maximum atomic E-state index is 12.9. The number of anilines is 1. The minimum Gasteiger partial charge on any atom is -0.464 e. The van der Waals surface area contributed by atoms with E-state index in [-0.39, 0.29) is 11.8 Å². The van der Waals surface area contributed by atoms with Crippen LogP contribution in [0.5, 0.6) is 0 Å². The van der Waals surface area contributed by atoms with E-state index in [1.807, 2.05) is 6.92 Å². The maximum absolute atomic E-state index is 12.9. The zero-order valence-corrected chi connectivity index (χ0v) is 11.2. The lowest BCUT2D eigenvalue weighted by Gasteiger charge is -2.36. The van der Waals surface area contributed by atoms with Crippen LogP contribution < -0.4 is 5.32 Å². The first-order valence-corrected chi connectivity index (χ1v) is 6.87. The second-order valence-electron chi connectivity index (χ2n) is 5.00. The molecule has 1 aromatic rings. The van der Waals surface area contributed by atoms with Crippen LogP contribution in [0, 0.1) is 5.82 Å². The molecule has 1 N–H and O–H groups in total. The summed E-state index contributed by atoms with van der Waals surface area (Å²) in [4.78, 5) is 12.2. The Morgan fingerprint density at radius 1 is 1.26 bits per heavy atom. The molecule has 19 heavy (non-hydrogen) atoms. The molecule has 0 amide bonds. The molecular weight excluding hydrogens is 245 g/mol. The summed E-state index contributed by atoms with van der Waals surface area (Å²) in [6.07, 6.45) is 4.69. The fourth-order valence-corrected chi connectivity index (χ4v) is 2.61. The Balaban J connectivity index is 2.17. The smallest absolute Gasteiger partial charge is 0.331 e. The molecule has 2 rings (SSSR count). The van der Waals surface area contributed by atoms with Crippen LogP contribution in [0.3, 0.4) is 0 Å². The molecule has 0 saturated heterocycles. The number of halogens is 1. The fourth-order valence-electron chi connectivity index (χ4n) is 2.61. The van der Waals surface area contributed by atoms with E-state index in [0.29, 0.717) is 6.61 Å². The third kappa shape index (κ3) is 3.25. The minimum absolute atomic E-state index is 0.195. The van der Waals surface area contributed by atoms with E-state index in [1.165, 1.54) is 12.1 Å². The van der Waals surface area contributed by atoms with Crippen molar-refractivity contribution in [1.82, 2.24) is 0 Å². The molecule has 0 unspecified atom stereocenters. The summed E-state index contributed by atoms with van der Waals surface area (Å²) in [6, 6.07) is 6.10. The van der Waals surface area contributed by atoms with Gasteiger partial charge in [-0.3, -0.25) is 0 Å². The van der Waals surface area contributed by atoms with Gasteiger partial charge in [0, 0.05) is 5.69 Å². The van der Waals surface area contributed by atoms with E-state index < -0.39 is 5.54 Å². The second kappa shape index (κ2) is 6.04. The van der Waals surface area contributed by atoms with Crippen LogP contribution in [0.1, 0.15) is 39.0 Å². The van der Waals surface area contributed by atoms with E-state index in [0.717, 1.165) is 37.8 Å². The van der Waals surface area contributed by atoms with Crippen LogP contribution in [0.15, 0.2) is 24.3 Å². The first-order chi connectivity index (χ1) is 9.16. The standard InChI is InChI=1S/C15H20FNO2/c1-2-19-14(18)15(10-4-3-5-11-15)17-13-8-6-12(16)7-9-13/h6-9,17H,2-5,10-11H2,1H3. The monoisotopic (exact) mass is 265 g/mol. The molecule has 0 atom stereocenters. The Labute approximate surface area is 113 Å². The zero-order valence-electron chi connectivity index (χ0n) is 11.2. The largest absolute Gasteiger partial charge is 0.464 e. The molecule has 1 aliphatic rings. The van der Waals surface area contributed by atoms with Gasteiger partial charge in [-0.05, 0) is 44.0 Å². The number of carbonyl (C=O) groups excluding carboxylic acids is 1. The highest BCUT2D eigenvalue weighted by Crippen LogP contribution is 2.33. The van der Waals surface area contributed by atoms with Crippen molar-refractivity contribution >= 4 is 11.7 Å². The quantitative estimate of drug-likeness (QED) is 0.847. The molecule has 0 heterocycles. The van der Waals surface area contributed by atoms with Crippen molar-refractivity contribution in [3.8, 4) is 0 Å². The van der Waals surface area contributed by atoms with E-state index in [4.69, 9.17) is 4.74 Å². The minimum atomic E-state index is -0.647. The Bertz CT molecular complexity index is 424. The van der Waals surface area contributed by atoms with Crippen LogP contribution >= 0.6 is 0 Å². The van der Waals surface area contributed by atoms with Crippen molar-refractivity contribution in [3.63, 3.8) is 0 Å². The van der Waals surface area contributed by atoms with Gasteiger partial charge in [0.2, 0.25) is 0 Å². The third-order valence-corrected chi connectivity index (χ3v) is 3.60. The number of carbonyl (C=O) groups is 1. The predicted molar refractivity (Wildman–Crippen MR) is 72.5 cm³/mol. The van der Waals surface area contributed by atoms with Crippen LogP contribution in [-0.2, 0) is 9.53 Å². The van der Waals surface area contributed by atoms with Gasteiger partial charge in [0.05, 0.1) is 6.61 Å². The van der Waals surface area contributed by atoms with Crippen LogP contribution in [0.4, 0.5) is 10.1 Å². The van der Waals surface area contributed by atoms with Crippen molar-refractivity contribution < 1.29 is 13.9 Å². The molecule has 1 aromatic carbocycles. The summed E-state index contributed by atoms with van der Waals surface area (Å²) in [5.41, 5.74) is 0.114. The molecule has 0 bridgehead atoms. The lowest BCUT2D eigenvalue weighted by atomic mass is 9.81. The number of hydrogen-bond acceptors (Lipinski definition) is 3. The Hall–Kier alpha value is -1.58. The van der Waals surface area contributed by atoms with E-state index in [2.05, 4.69) is 5.32 Å². The molecule has 0 aromatic heterocycles. The molecular formula is C15H20FNO2. The zero-order chi connectivity index (χ0) is 13.7. The van der Waals surface area contributed by atoms with Gasteiger partial charge in [0.1, 0.15) is 11.4 Å². The molecule has 1 fully saturated rings. The normalized spacial score (nSPS) is 17.8. The highest BCUT2D eigenvalue weighted by molar-refractivity contribution is 5.84. The van der Waals surface area contributed by atoms with E-state index >= 15 is 0 Å². The average Bonchev–Trinajstić information content (AvgIpc) is 2.43. The van der Waals surface area contributed by atoms with Crippen LogP contribution in [-0.4, -0.2) is 18.1 Å². The van der Waals surface area contributed by atoms with Gasteiger partial charge in [-0.15, -0.1) is 0 Å². The number of ether oxygens (including phenoxy) is 1. The molecule has 104 valence electrons. The molecule has 4 heteroatoms. The van der Waals surface area contributed by atoms with Crippen LogP contribution in [0.25, 0.3) is 0 Å². The lowest BCUT2D eigenvalue weighted by Crippen LogP contribution is -2.49. The van der Waals surface area contributed by atoms with Crippen molar-refractivity contribution in [1.29, 1.82) is 0 Å². The van der Waals surface area contributed by atoms with E-state index in [1.54, 1.807) is 12.1 Å². The summed E-state index contributed by atoms with van der Waals surface area (Å²) in [6.45, 7) is 2.19. The number of benzene rings is 1. The topological polar surface area (TPSA) is 38.3 Å². The predicted octanol–water partition coefficient (Wildman–Crippen LogP) is 3.50. The number of nitrogens with one attached hydrogen (secondary N) is 1. The molecule has 0 spiro atoms. The molecule has 0 radical (unpaired) electrons. The third-order valence-electron chi connectivity index (χ3n) is 3.60. The fraction of sp³-hybridized carbons (Fsp3) is 0.533. The highest BCUT2D eigenvalue weighted by Gasteiger charge is 2.40. The average molecular weight is 265 g/mol. The maximum Gasteiger partial charge on any atom is 0.331 e. The Morgan fingerprint density at radius 2 is 1.89 bits per heavy atom. The summed E-state index contributed by atoms with van der Waals surface area (Å²) >= 11 is 0. The first-order valence-electron chi connectivity index (χ1n) is 6.87. The Kier molecular flexibility index (Phi) is 4.40. The second-order valence-corrected chi connectivity index (χ2v) is 5.00. The molecule has 1 aliphatic carbocycles. The van der Waals surface area contributed by atoms with Gasteiger partial charge in [-0.2, -0.15) is 0 Å². The van der Waals surface area contributed by atoms with Crippen molar-refractivity contribution in [3.05, 3.63) is 30.1 Å². The van der Waals surface area contributed by atoms with Crippen molar-refractivity contribution in [2.45, 2.75) is 44.6 Å². The molecule has 0 aliphatic heterocycles. The molecule has 3 nitrogen and oxygen atoms in total.